The van der Waals surface area contributed by atoms with Crippen LogP contribution in [0.25, 0.3) is 11.4 Å². The van der Waals surface area contributed by atoms with E-state index in [1.807, 2.05) is 17.7 Å². The molecule has 35 heavy (non-hydrogen) atoms. The number of piperazine rings is 1. The van der Waals surface area contributed by atoms with Crippen molar-refractivity contribution in [3.8, 4) is 11.4 Å². The molecule has 1 fully saturated rings. The average Bonchev–Trinajstić information content (AvgIpc) is 3.53. The van der Waals surface area contributed by atoms with Gasteiger partial charge in [-0.15, -0.1) is 23.0 Å². The van der Waals surface area contributed by atoms with E-state index < -0.39 is 5.97 Å². The molecule has 3 aromatic rings. The van der Waals surface area contributed by atoms with Gasteiger partial charge < -0.3 is 5.11 Å². The van der Waals surface area contributed by atoms with Gasteiger partial charge >= 0.3 is 5.97 Å². The van der Waals surface area contributed by atoms with Gasteiger partial charge in [0, 0.05) is 61.8 Å². The lowest BCUT2D eigenvalue weighted by Gasteiger charge is -2.46. The van der Waals surface area contributed by atoms with E-state index in [-0.39, 0.29) is 12.5 Å². The molecule has 1 aromatic carbocycles. The number of benzene rings is 1. The fourth-order valence-corrected chi connectivity index (χ4v) is 5.55. The highest BCUT2D eigenvalue weighted by Gasteiger charge is 2.35. The molecule has 0 unspecified atom stereocenters. The number of carboxylic acid groups (broad SMARTS) is 1. The van der Waals surface area contributed by atoms with Crippen molar-refractivity contribution in [1.82, 2.24) is 35.0 Å². The van der Waals surface area contributed by atoms with Gasteiger partial charge in [0.15, 0.2) is 5.82 Å². The molecule has 4 rings (SSSR count). The fraction of sp³-hybridized carbons (Fsp3) is 0.480. The van der Waals surface area contributed by atoms with Crippen LogP contribution in [0.15, 0.2) is 48.5 Å². The van der Waals surface area contributed by atoms with Gasteiger partial charge in [-0.2, -0.15) is 0 Å². The second-order valence-corrected chi connectivity index (χ2v) is 10.0. The monoisotopic (exact) mass is 495 g/mol. The van der Waals surface area contributed by atoms with E-state index >= 15 is 0 Å². The second-order valence-electron chi connectivity index (χ2n) is 9.11. The SMILES string of the molecule is C=CCN1C[C@H](C)N([C@@H](c2ccc(-c3nnnn3CCCCC(=O)O)cc2)c2nccs2)C[C@H]1C. The predicted molar refractivity (Wildman–Crippen MR) is 136 cm³/mol. The van der Waals surface area contributed by atoms with Crippen LogP contribution in [0.5, 0.6) is 0 Å². The smallest absolute Gasteiger partial charge is 0.303 e. The second kappa shape index (κ2) is 11.7. The Bertz CT molecular complexity index is 1100. The quantitative estimate of drug-likeness (QED) is 0.317. The third kappa shape index (κ3) is 6.01. The van der Waals surface area contributed by atoms with Gasteiger partial charge in [0.05, 0.1) is 6.04 Å². The molecular formula is C25H33N7O2S. The molecule has 3 heterocycles. The predicted octanol–water partition coefficient (Wildman–Crippen LogP) is 3.72. The molecule has 1 saturated heterocycles. The number of thiazole rings is 1. The van der Waals surface area contributed by atoms with Crippen LogP contribution in [0, 0.1) is 0 Å². The molecule has 9 nitrogen and oxygen atoms in total. The molecule has 186 valence electrons. The highest BCUT2D eigenvalue weighted by Crippen LogP contribution is 2.35. The minimum atomic E-state index is -0.779. The first-order chi connectivity index (χ1) is 17.0. The molecule has 10 heteroatoms. The molecule has 1 aliphatic heterocycles. The first-order valence-corrected chi connectivity index (χ1v) is 12.9. The Morgan fingerprint density at radius 1 is 1.23 bits per heavy atom. The zero-order valence-electron chi connectivity index (χ0n) is 20.3. The summed E-state index contributed by atoms with van der Waals surface area (Å²) < 4.78 is 1.75. The van der Waals surface area contributed by atoms with Crippen LogP contribution < -0.4 is 0 Å². The number of hydrogen-bond donors (Lipinski definition) is 1. The molecule has 0 amide bonds. The Hall–Kier alpha value is -2.95. The van der Waals surface area contributed by atoms with E-state index in [1.54, 1.807) is 16.0 Å². The summed E-state index contributed by atoms with van der Waals surface area (Å²) in [6.07, 6.45) is 5.32. The largest absolute Gasteiger partial charge is 0.481 e. The van der Waals surface area contributed by atoms with Crippen LogP contribution in [0.4, 0.5) is 0 Å². The van der Waals surface area contributed by atoms with Crippen molar-refractivity contribution in [2.24, 2.45) is 0 Å². The van der Waals surface area contributed by atoms with E-state index in [4.69, 9.17) is 10.1 Å². The van der Waals surface area contributed by atoms with Crippen molar-refractivity contribution in [3.63, 3.8) is 0 Å². The zero-order valence-corrected chi connectivity index (χ0v) is 21.1. The molecule has 0 saturated carbocycles. The van der Waals surface area contributed by atoms with Crippen LogP contribution in [-0.2, 0) is 11.3 Å². The molecule has 0 bridgehead atoms. The van der Waals surface area contributed by atoms with E-state index in [0.717, 1.165) is 30.2 Å². The summed E-state index contributed by atoms with van der Waals surface area (Å²) in [6, 6.07) is 9.32. The van der Waals surface area contributed by atoms with Crippen molar-refractivity contribution in [2.45, 2.75) is 57.8 Å². The number of aryl methyl sites for hydroxylation is 1. The number of aliphatic carboxylic acids is 1. The van der Waals surface area contributed by atoms with Crippen LogP contribution in [-0.4, -0.2) is 77.8 Å². The van der Waals surface area contributed by atoms with Crippen LogP contribution >= 0.6 is 11.3 Å². The van der Waals surface area contributed by atoms with Gasteiger partial charge in [-0.05, 0) is 42.7 Å². The molecular weight excluding hydrogens is 462 g/mol. The first kappa shape index (κ1) is 25.2. The highest BCUT2D eigenvalue weighted by molar-refractivity contribution is 7.09. The first-order valence-electron chi connectivity index (χ1n) is 12.1. The number of aromatic nitrogens is 5. The summed E-state index contributed by atoms with van der Waals surface area (Å²) in [4.78, 5) is 20.5. The molecule has 1 N–H and O–H groups in total. The summed E-state index contributed by atoms with van der Waals surface area (Å²) in [5.74, 6) is -0.0872. The van der Waals surface area contributed by atoms with Crippen LogP contribution in [0.2, 0.25) is 0 Å². The number of unbranched alkanes of at least 4 members (excludes halogenated alkanes) is 1. The molecule has 2 aromatic heterocycles. The lowest BCUT2D eigenvalue weighted by molar-refractivity contribution is -0.137. The maximum Gasteiger partial charge on any atom is 0.303 e. The van der Waals surface area contributed by atoms with E-state index in [0.29, 0.717) is 37.3 Å². The molecule has 1 aliphatic rings. The Balaban J connectivity index is 1.54. The van der Waals surface area contributed by atoms with Gasteiger partial charge in [-0.25, -0.2) is 9.67 Å². The van der Waals surface area contributed by atoms with Crippen molar-refractivity contribution in [1.29, 1.82) is 0 Å². The van der Waals surface area contributed by atoms with E-state index in [9.17, 15) is 4.79 Å². The van der Waals surface area contributed by atoms with Crippen molar-refractivity contribution in [3.05, 3.63) is 59.1 Å². The molecule has 3 atom stereocenters. The Morgan fingerprint density at radius 3 is 2.71 bits per heavy atom. The number of rotatable bonds is 11. The Morgan fingerprint density at radius 2 is 2.03 bits per heavy atom. The lowest BCUT2D eigenvalue weighted by atomic mass is 9.98. The van der Waals surface area contributed by atoms with Crippen molar-refractivity contribution in [2.75, 3.05) is 19.6 Å². The van der Waals surface area contributed by atoms with Crippen molar-refractivity contribution < 1.29 is 9.90 Å². The summed E-state index contributed by atoms with van der Waals surface area (Å²) >= 11 is 1.69. The zero-order chi connectivity index (χ0) is 24.8. The average molecular weight is 496 g/mol. The van der Waals surface area contributed by atoms with Gasteiger partial charge in [0.1, 0.15) is 5.01 Å². The van der Waals surface area contributed by atoms with Gasteiger partial charge in [-0.1, -0.05) is 30.3 Å². The number of hydrogen-bond acceptors (Lipinski definition) is 8. The van der Waals surface area contributed by atoms with Crippen LogP contribution in [0.1, 0.15) is 49.7 Å². The maximum absolute atomic E-state index is 10.8. The lowest BCUT2D eigenvalue weighted by Crippen LogP contribution is -2.57. The number of nitrogens with zero attached hydrogens (tertiary/aromatic N) is 7. The third-order valence-corrected chi connectivity index (χ3v) is 7.40. The summed E-state index contributed by atoms with van der Waals surface area (Å²) in [5.41, 5.74) is 2.13. The number of carbonyl (C=O) groups is 1. The standard InChI is InChI=1S/C25H33N7O2S/c1-4-13-30-16-19(3)31(17-18(30)2)23(25-26-12-15-35-25)20-8-10-21(11-9-20)24-27-28-29-32(24)14-6-5-7-22(33)34/h4,8-12,15,18-19,23H,1,5-7,13-14,16-17H2,2-3H3,(H,33,34)/t18-,19+,23+/m1/s1. The van der Waals surface area contributed by atoms with E-state index in [1.165, 1.54) is 5.56 Å². The Labute approximate surface area is 210 Å². The minimum Gasteiger partial charge on any atom is -0.481 e. The van der Waals surface area contributed by atoms with Crippen LogP contribution in [0.3, 0.4) is 0 Å². The highest BCUT2D eigenvalue weighted by atomic mass is 32.1. The minimum absolute atomic E-state index is 0.0828. The molecule has 0 aliphatic carbocycles. The summed E-state index contributed by atoms with van der Waals surface area (Å²) in [7, 11) is 0. The summed E-state index contributed by atoms with van der Waals surface area (Å²) in [5, 5.41) is 24.1. The topological polar surface area (TPSA) is 100 Å². The molecule has 0 radical (unpaired) electrons. The van der Waals surface area contributed by atoms with Gasteiger partial charge in [0.25, 0.3) is 0 Å². The van der Waals surface area contributed by atoms with Gasteiger partial charge in [-0.3, -0.25) is 14.6 Å². The molecule has 0 spiro atoms. The van der Waals surface area contributed by atoms with E-state index in [2.05, 4.69) is 70.0 Å². The summed E-state index contributed by atoms with van der Waals surface area (Å²) in [6.45, 7) is 11.9. The normalized spacial score (nSPS) is 20.1. The third-order valence-electron chi connectivity index (χ3n) is 6.57. The Kier molecular flexibility index (Phi) is 8.37. The van der Waals surface area contributed by atoms with Gasteiger partial charge in [0.2, 0.25) is 0 Å². The number of tetrazole rings is 1. The van der Waals surface area contributed by atoms with Crippen molar-refractivity contribution >= 4 is 17.3 Å². The fourth-order valence-electron chi connectivity index (χ4n) is 4.76. The number of carboxylic acids is 1. The maximum atomic E-state index is 10.8.